The average molecular weight is 273 g/mol. The van der Waals surface area contributed by atoms with Crippen LogP contribution in [-0.4, -0.2) is 60.8 Å². The van der Waals surface area contributed by atoms with Crippen molar-refractivity contribution < 1.29 is 24.2 Å². The first-order chi connectivity index (χ1) is 8.92. The molecule has 0 unspecified atom stereocenters. The van der Waals surface area contributed by atoms with Gasteiger partial charge in [0.1, 0.15) is 6.04 Å². The van der Waals surface area contributed by atoms with E-state index in [-0.39, 0.29) is 13.1 Å². The lowest BCUT2D eigenvalue weighted by Crippen LogP contribution is -2.50. The van der Waals surface area contributed by atoms with Crippen molar-refractivity contribution in [1.29, 1.82) is 0 Å². The van der Waals surface area contributed by atoms with Gasteiger partial charge in [-0.3, -0.25) is 4.79 Å². The van der Waals surface area contributed by atoms with E-state index >= 15 is 0 Å². The van der Waals surface area contributed by atoms with E-state index in [1.807, 2.05) is 0 Å². The number of carbonyl (C=O) groups is 3. The molecule has 0 rings (SSSR count). The van der Waals surface area contributed by atoms with Crippen LogP contribution in [0.3, 0.4) is 0 Å². The van der Waals surface area contributed by atoms with E-state index in [0.29, 0.717) is 6.61 Å². The number of nitrogens with one attached hydrogen (secondary N) is 1. The van der Waals surface area contributed by atoms with E-state index in [0.717, 1.165) is 0 Å². The summed E-state index contributed by atoms with van der Waals surface area (Å²) < 4.78 is 4.84. The van der Waals surface area contributed by atoms with Crippen LogP contribution in [0, 0.1) is 0 Å². The summed E-state index contributed by atoms with van der Waals surface area (Å²) in [5, 5.41) is 11.1. The Balaban J connectivity index is 4.59. The Hall–Kier alpha value is -2.09. The number of amides is 3. The predicted octanol–water partition coefficient (Wildman–Crippen LogP) is -0.841. The summed E-state index contributed by atoms with van der Waals surface area (Å²) in [6, 6.07) is -1.97. The summed E-state index contributed by atoms with van der Waals surface area (Å²) in [4.78, 5) is 34.7. The summed E-state index contributed by atoms with van der Waals surface area (Å²) in [5.41, 5.74) is 4.92. The van der Waals surface area contributed by atoms with Gasteiger partial charge in [-0.25, -0.2) is 9.59 Å². The highest BCUT2D eigenvalue weighted by Gasteiger charge is 2.24. The van der Waals surface area contributed by atoms with E-state index in [1.54, 1.807) is 0 Å². The number of rotatable bonds is 9. The molecule has 3 amide bonds. The van der Waals surface area contributed by atoms with Crippen molar-refractivity contribution in [3.8, 4) is 0 Å². The van der Waals surface area contributed by atoms with Gasteiger partial charge in [-0.1, -0.05) is 6.08 Å². The van der Waals surface area contributed by atoms with Crippen molar-refractivity contribution in [3.05, 3.63) is 12.7 Å². The van der Waals surface area contributed by atoms with Crippen molar-refractivity contribution in [3.63, 3.8) is 0 Å². The molecule has 0 heterocycles. The molecule has 1 atom stereocenters. The zero-order valence-electron chi connectivity index (χ0n) is 10.8. The van der Waals surface area contributed by atoms with Crippen LogP contribution in [0.15, 0.2) is 12.7 Å². The first kappa shape index (κ1) is 16.9. The van der Waals surface area contributed by atoms with E-state index in [4.69, 9.17) is 15.6 Å². The largest absolute Gasteiger partial charge is 0.480 e. The Bertz CT molecular complexity index is 345. The standard InChI is InChI=1S/C11H19N3O5/c1-3-4-14(5-6-19-2)11(18)13-8(10(16)17)7-9(12)15/h3,8H,1,4-7H2,2H3,(H2,12,15)(H,13,18)(H,16,17)/t8-/m0/s1. The number of carboxylic acids is 1. The van der Waals surface area contributed by atoms with Crippen molar-refractivity contribution in [1.82, 2.24) is 10.2 Å². The number of urea groups is 1. The summed E-state index contributed by atoms with van der Waals surface area (Å²) in [7, 11) is 1.48. The van der Waals surface area contributed by atoms with Crippen LogP contribution in [0.4, 0.5) is 4.79 Å². The third kappa shape index (κ3) is 7.04. The number of carbonyl (C=O) groups excluding carboxylic acids is 2. The van der Waals surface area contributed by atoms with Gasteiger partial charge in [0, 0.05) is 20.2 Å². The second-order valence-electron chi connectivity index (χ2n) is 3.74. The molecule has 0 aliphatic rings. The molecule has 8 heteroatoms. The Morgan fingerprint density at radius 1 is 1.53 bits per heavy atom. The van der Waals surface area contributed by atoms with Gasteiger partial charge >= 0.3 is 12.0 Å². The number of hydrogen-bond acceptors (Lipinski definition) is 4. The molecule has 0 aliphatic carbocycles. The van der Waals surface area contributed by atoms with Crippen LogP contribution in [0.25, 0.3) is 0 Å². The van der Waals surface area contributed by atoms with Gasteiger partial charge in [0.2, 0.25) is 5.91 Å². The summed E-state index contributed by atoms with van der Waals surface area (Å²) in [6.07, 6.45) is 1.03. The molecule has 0 fully saturated rings. The first-order valence-electron chi connectivity index (χ1n) is 5.58. The van der Waals surface area contributed by atoms with Crippen molar-refractivity contribution >= 4 is 17.9 Å². The Morgan fingerprint density at radius 2 is 2.16 bits per heavy atom. The molecule has 8 nitrogen and oxygen atoms in total. The molecular weight excluding hydrogens is 254 g/mol. The number of carboxylic acid groups (broad SMARTS) is 1. The maximum atomic E-state index is 11.8. The highest BCUT2D eigenvalue weighted by molar-refractivity contribution is 5.87. The number of aliphatic carboxylic acids is 1. The van der Waals surface area contributed by atoms with E-state index in [2.05, 4.69) is 11.9 Å². The van der Waals surface area contributed by atoms with Crippen LogP contribution in [-0.2, 0) is 14.3 Å². The summed E-state index contributed by atoms with van der Waals surface area (Å²) in [6.45, 7) is 4.31. The van der Waals surface area contributed by atoms with Crippen molar-refractivity contribution in [2.75, 3.05) is 26.8 Å². The fraction of sp³-hybridized carbons (Fsp3) is 0.545. The van der Waals surface area contributed by atoms with Crippen LogP contribution in [0.1, 0.15) is 6.42 Å². The quantitative estimate of drug-likeness (QED) is 0.473. The summed E-state index contributed by atoms with van der Waals surface area (Å²) in [5.74, 6) is -2.13. The van der Waals surface area contributed by atoms with Crippen LogP contribution >= 0.6 is 0 Å². The highest BCUT2D eigenvalue weighted by atomic mass is 16.5. The Morgan fingerprint density at radius 3 is 2.58 bits per heavy atom. The lowest BCUT2D eigenvalue weighted by atomic mass is 10.2. The van der Waals surface area contributed by atoms with Crippen LogP contribution in [0.2, 0.25) is 0 Å². The highest BCUT2D eigenvalue weighted by Crippen LogP contribution is 1.97. The minimum atomic E-state index is -1.35. The number of hydrogen-bond donors (Lipinski definition) is 3. The molecule has 0 bridgehead atoms. The normalized spacial score (nSPS) is 11.4. The Kier molecular flexibility index (Phi) is 7.94. The van der Waals surface area contributed by atoms with Crippen molar-refractivity contribution in [2.24, 2.45) is 5.73 Å². The molecule has 0 spiro atoms. The average Bonchev–Trinajstić information content (AvgIpc) is 2.32. The number of methoxy groups -OCH3 is 1. The zero-order chi connectivity index (χ0) is 14.8. The van der Waals surface area contributed by atoms with E-state index in [9.17, 15) is 14.4 Å². The minimum Gasteiger partial charge on any atom is -0.480 e. The second kappa shape index (κ2) is 8.92. The van der Waals surface area contributed by atoms with Crippen LogP contribution < -0.4 is 11.1 Å². The Labute approximate surface area is 111 Å². The molecule has 108 valence electrons. The van der Waals surface area contributed by atoms with Gasteiger partial charge in [-0.05, 0) is 0 Å². The molecule has 0 aromatic carbocycles. The molecule has 0 radical (unpaired) electrons. The van der Waals surface area contributed by atoms with E-state index < -0.39 is 30.4 Å². The van der Waals surface area contributed by atoms with Gasteiger partial charge in [0.25, 0.3) is 0 Å². The SMILES string of the molecule is C=CCN(CCOC)C(=O)N[C@@H](CC(N)=O)C(=O)O. The molecule has 0 saturated carbocycles. The second-order valence-corrected chi connectivity index (χ2v) is 3.74. The van der Waals surface area contributed by atoms with Gasteiger partial charge in [0.05, 0.1) is 13.0 Å². The molecule has 19 heavy (non-hydrogen) atoms. The zero-order valence-corrected chi connectivity index (χ0v) is 10.8. The fourth-order valence-electron chi connectivity index (χ4n) is 1.27. The number of ether oxygens (including phenoxy) is 1. The van der Waals surface area contributed by atoms with Gasteiger partial charge in [0.15, 0.2) is 0 Å². The third-order valence-corrected chi connectivity index (χ3v) is 2.20. The maximum absolute atomic E-state index is 11.8. The number of primary amides is 1. The predicted molar refractivity (Wildman–Crippen MR) is 67.4 cm³/mol. The molecule has 0 saturated heterocycles. The summed E-state index contributed by atoms with van der Waals surface area (Å²) >= 11 is 0. The third-order valence-electron chi connectivity index (χ3n) is 2.20. The van der Waals surface area contributed by atoms with Gasteiger partial charge in [-0.15, -0.1) is 6.58 Å². The molecule has 4 N–H and O–H groups in total. The molecule has 0 aromatic heterocycles. The molecular formula is C11H19N3O5. The first-order valence-corrected chi connectivity index (χ1v) is 5.58. The smallest absolute Gasteiger partial charge is 0.326 e. The topological polar surface area (TPSA) is 122 Å². The van der Waals surface area contributed by atoms with Crippen LogP contribution in [0.5, 0.6) is 0 Å². The minimum absolute atomic E-state index is 0.234. The van der Waals surface area contributed by atoms with Gasteiger partial charge < -0.3 is 25.8 Å². The lowest BCUT2D eigenvalue weighted by Gasteiger charge is -2.23. The molecule has 0 aromatic rings. The lowest BCUT2D eigenvalue weighted by molar-refractivity contribution is -0.140. The van der Waals surface area contributed by atoms with Gasteiger partial charge in [-0.2, -0.15) is 0 Å². The number of nitrogens with two attached hydrogens (primary N) is 1. The monoisotopic (exact) mass is 273 g/mol. The van der Waals surface area contributed by atoms with Crippen molar-refractivity contribution in [2.45, 2.75) is 12.5 Å². The fourth-order valence-corrected chi connectivity index (χ4v) is 1.27. The molecule has 0 aliphatic heterocycles. The maximum Gasteiger partial charge on any atom is 0.326 e. The van der Waals surface area contributed by atoms with E-state index in [1.165, 1.54) is 18.1 Å². The number of nitrogens with zero attached hydrogens (tertiary/aromatic N) is 1.